The minimum atomic E-state index is -0.489. The fourth-order valence-electron chi connectivity index (χ4n) is 1.47. The van der Waals surface area contributed by atoms with Gasteiger partial charge in [-0.2, -0.15) is 0 Å². The molecule has 0 fully saturated rings. The Kier molecular flexibility index (Phi) is 4.56. The van der Waals surface area contributed by atoms with Crippen LogP contribution in [0, 0.1) is 5.82 Å². The molecule has 0 atom stereocenters. The van der Waals surface area contributed by atoms with Crippen LogP contribution in [0.5, 0.6) is 0 Å². The molecule has 1 aromatic carbocycles. The molecule has 0 aliphatic carbocycles. The Morgan fingerprint density at radius 1 is 1.33 bits per heavy atom. The number of aromatic nitrogens is 1. The van der Waals surface area contributed by atoms with Crippen molar-refractivity contribution in [1.29, 1.82) is 0 Å². The van der Waals surface area contributed by atoms with Crippen LogP contribution in [0.3, 0.4) is 0 Å². The zero-order valence-corrected chi connectivity index (χ0v) is 12.0. The lowest BCUT2D eigenvalue weighted by Crippen LogP contribution is -2.11. The summed E-state index contributed by atoms with van der Waals surface area (Å²) in [6.07, 6.45) is 0. The summed E-state index contributed by atoms with van der Waals surface area (Å²) in [7, 11) is 0. The predicted molar refractivity (Wildman–Crippen MR) is 74.9 cm³/mol. The molecule has 0 aliphatic rings. The van der Waals surface area contributed by atoms with Crippen molar-refractivity contribution >= 4 is 34.5 Å². The third kappa shape index (κ3) is 3.01. The smallest absolute Gasteiger partial charge is 0.142 e. The standard InChI is InChI=1S/C12H11Cl2FN2S/c1-2-16-5-12-17-11(6-18-12)7-3-10(15)9(14)4-8(7)13/h3-4,6,16H,2,5H2,1H3. The molecule has 0 radical (unpaired) electrons. The van der Waals surface area contributed by atoms with E-state index in [9.17, 15) is 4.39 Å². The quantitative estimate of drug-likeness (QED) is 0.849. The summed E-state index contributed by atoms with van der Waals surface area (Å²) in [5.41, 5.74) is 1.24. The number of nitrogens with zero attached hydrogens (tertiary/aromatic N) is 1. The molecule has 2 aromatic rings. The number of benzene rings is 1. The van der Waals surface area contributed by atoms with Crippen molar-refractivity contribution in [3.8, 4) is 11.3 Å². The number of hydrogen-bond donors (Lipinski definition) is 1. The first-order valence-electron chi connectivity index (χ1n) is 5.42. The summed E-state index contributed by atoms with van der Waals surface area (Å²) in [6.45, 7) is 3.61. The highest BCUT2D eigenvalue weighted by Crippen LogP contribution is 2.32. The maximum Gasteiger partial charge on any atom is 0.142 e. The third-order valence-corrected chi connectivity index (χ3v) is 3.82. The predicted octanol–water partition coefficient (Wildman–Crippen LogP) is 4.37. The molecule has 1 aromatic heterocycles. The molecular weight excluding hydrogens is 294 g/mol. The van der Waals surface area contributed by atoms with Crippen LogP contribution in [0.2, 0.25) is 10.0 Å². The highest BCUT2D eigenvalue weighted by atomic mass is 35.5. The Morgan fingerprint density at radius 2 is 2.11 bits per heavy atom. The average Bonchev–Trinajstić information content (AvgIpc) is 2.79. The molecule has 0 bridgehead atoms. The van der Waals surface area contributed by atoms with E-state index in [0.29, 0.717) is 22.8 Å². The van der Waals surface area contributed by atoms with E-state index in [4.69, 9.17) is 23.2 Å². The zero-order valence-electron chi connectivity index (χ0n) is 9.64. The molecule has 1 heterocycles. The van der Waals surface area contributed by atoms with Crippen molar-refractivity contribution in [3.63, 3.8) is 0 Å². The van der Waals surface area contributed by atoms with Gasteiger partial charge >= 0.3 is 0 Å². The molecule has 0 saturated carbocycles. The van der Waals surface area contributed by atoms with E-state index < -0.39 is 5.82 Å². The van der Waals surface area contributed by atoms with Gasteiger partial charge in [0.25, 0.3) is 0 Å². The minimum Gasteiger partial charge on any atom is -0.311 e. The molecule has 18 heavy (non-hydrogen) atoms. The summed E-state index contributed by atoms with van der Waals surface area (Å²) in [5, 5.41) is 6.41. The Balaban J connectivity index is 2.31. The maximum absolute atomic E-state index is 13.4. The van der Waals surface area contributed by atoms with Gasteiger partial charge in [-0.1, -0.05) is 30.1 Å². The minimum absolute atomic E-state index is 0.0202. The number of hydrogen-bond acceptors (Lipinski definition) is 3. The fraction of sp³-hybridized carbons (Fsp3) is 0.250. The number of nitrogens with one attached hydrogen (secondary N) is 1. The van der Waals surface area contributed by atoms with Gasteiger partial charge < -0.3 is 5.32 Å². The molecule has 0 spiro atoms. The van der Waals surface area contributed by atoms with Gasteiger partial charge in [0.05, 0.1) is 15.7 Å². The van der Waals surface area contributed by atoms with Crippen molar-refractivity contribution < 1.29 is 4.39 Å². The molecule has 2 nitrogen and oxygen atoms in total. The maximum atomic E-state index is 13.4. The first-order chi connectivity index (χ1) is 8.61. The van der Waals surface area contributed by atoms with Crippen molar-refractivity contribution in [2.45, 2.75) is 13.5 Å². The molecular formula is C12H11Cl2FN2S. The second kappa shape index (κ2) is 5.97. The summed E-state index contributed by atoms with van der Waals surface area (Å²) >= 11 is 13.2. The van der Waals surface area contributed by atoms with Crippen molar-refractivity contribution in [2.75, 3.05) is 6.54 Å². The Hall–Kier alpha value is -0.680. The van der Waals surface area contributed by atoms with Crippen LogP contribution in [0.4, 0.5) is 4.39 Å². The van der Waals surface area contributed by atoms with Gasteiger partial charge in [-0.25, -0.2) is 9.37 Å². The topological polar surface area (TPSA) is 24.9 Å². The average molecular weight is 305 g/mol. The summed E-state index contributed by atoms with van der Waals surface area (Å²) in [4.78, 5) is 4.41. The van der Waals surface area contributed by atoms with Crippen LogP contribution in [0.1, 0.15) is 11.9 Å². The largest absolute Gasteiger partial charge is 0.311 e. The second-order valence-electron chi connectivity index (χ2n) is 3.65. The molecule has 96 valence electrons. The van der Waals surface area contributed by atoms with Gasteiger partial charge in [0.15, 0.2) is 0 Å². The molecule has 6 heteroatoms. The van der Waals surface area contributed by atoms with E-state index in [0.717, 1.165) is 11.6 Å². The summed E-state index contributed by atoms with van der Waals surface area (Å²) in [5.74, 6) is -0.489. The lowest BCUT2D eigenvalue weighted by molar-refractivity contribution is 0.628. The van der Waals surface area contributed by atoms with E-state index in [1.807, 2.05) is 12.3 Å². The highest BCUT2D eigenvalue weighted by molar-refractivity contribution is 7.09. The lowest BCUT2D eigenvalue weighted by Gasteiger charge is -2.02. The van der Waals surface area contributed by atoms with Gasteiger partial charge in [0.2, 0.25) is 0 Å². The molecule has 2 rings (SSSR count). The molecule has 0 aliphatic heterocycles. The zero-order chi connectivity index (χ0) is 13.1. The van der Waals surface area contributed by atoms with Crippen LogP contribution < -0.4 is 5.32 Å². The van der Waals surface area contributed by atoms with Gasteiger partial charge in [-0.15, -0.1) is 11.3 Å². The SMILES string of the molecule is CCNCc1nc(-c2cc(F)c(Cl)cc2Cl)cs1. The van der Waals surface area contributed by atoms with Gasteiger partial charge in [-0.05, 0) is 18.7 Å². The van der Waals surface area contributed by atoms with Gasteiger partial charge in [0, 0.05) is 17.5 Å². The van der Waals surface area contributed by atoms with Gasteiger partial charge in [0.1, 0.15) is 10.8 Å². The second-order valence-corrected chi connectivity index (χ2v) is 5.41. The molecule has 0 amide bonds. The third-order valence-electron chi connectivity index (χ3n) is 2.36. The Morgan fingerprint density at radius 3 is 2.83 bits per heavy atom. The van der Waals surface area contributed by atoms with Crippen LogP contribution >= 0.6 is 34.5 Å². The van der Waals surface area contributed by atoms with E-state index >= 15 is 0 Å². The lowest BCUT2D eigenvalue weighted by atomic mass is 10.2. The monoisotopic (exact) mass is 304 g/mol. The highest BCUT2D eigenvalue weighted by Gasteiger charge is 2.12. The molecule has 0 saturated heterocycles. The Labute approximate surface area is 119 Å². The summed E-state index contributed by atoms with van der Waals surface area (Å²) in [6, 6.07) is 2.72. The van der Waals surface area contributed by atoms with Crippen molar-refractivity contribution in [3.05, 3.63) is 38.4 Å². The first-order valence-corrected chi connectivity index (χ1v) is 7.05. The number of rotatable bonds is 4. The van der Waals surface area contributed by atoms with Crippen LogP contribution in [-0.4, -0.2) is 11.5 Å². The molecule has 0 unspecified atom stereocenters. The fourth-order valence-corrected chi connectivity index (χ4v) is 2.71. The number of halogens is 3. The van der Waals surface area contributed by atoms with Crippen LogP contribution in [0.25, 0.3) is 11.3 Å². The number of thiazole rings is 1. The van der Waals surface area contributed by atoms with Crippen LogP contribution in [0.15, 0.2) is 17.5 Å². The van der Waals surface area contributed by atoms with Gasteiger partial charge in [-0.3, -0.25) is 0 Å². The normalized spacial score (nSPS) is 10.9. The first kappa shape index (κ1) is 13.7. The van der Waals surface area contributed by atoms with Crippen molar-refractivity contribution in [2.24, 2.45) is 0 Å². The van der Waals surface area contributed by atoms with E-state index in [2.05, 4.69) is 10.3 Å². The van der Waals surface area contributed by atoms with Crippen molar-refractivity contribution in [1.82, 2.24) is 10.3 Å². The van der Waals surface area contributed by atoms with E-state index in [1.54, 1.807) is 0 Å². The van der Waals surface area contributed by atoms with E-state index in [1.165, 1.54) is 23.5 Å². The van der Waals surface area contributed by atoms with E-state index in [-0.39, 0.29) is 5.02 Å². The molecule has 1 N–H and O–H groups in total. The summed E-state index contributed by atoms with van der Waals surface area (Å²) < 4.78 is 13.4. The Bertz CT molecular complexity index is 557. The van der Waals surface area contributed by atoms with Crippen LogP contribution in [-0.2, 0) is 6.54 Å².